The number of aliphatic hydroxyl groups is 1. The van der Waals surface area contributed by atoms with Gasteiger partial charge in [0.05, 0.1) is 12.3 Å². The Morgan fingerprint density at radius 1 is 1.71 bits per heavy atom. The number of aromatic nitrogens is 1. The van der Waals surface area contributed by atoms with Crippen molar-refractivity contribution in [2.75, 3.05) is 13.2 Å². The molecule has 1 aliphatic heterocycles. The standard InChI is InChI=1S/C10H16N2O2/c1-8-11-9(7-14-8)5-12-4-2-3-10(12)6-13/h7,10,13H,2-6H2,1H3. The molecule has 1 fully saturated rings. The van der Waals surface area contributed by atoms with Crippen LogP contribution in [0.5, 0.6) is 0 Å². The molecule has 1 saturated heterocycles. The van der Waals surface area contributed by atoms with Crippen molar-refractivity contribution >= 4 is 0 Å². The zero-order valence-electron chi connectivity index (χ0n) is 8.44. The van der Waals surface area contributed by atoms with Crippen molar-refractivity contribution in [2.45, 2.75) is 32.4 Å². The maximum Gasteiger partial charge on any atom is 0.191 e. The molecule has 1 unspecified atom stereocenters. The molecule has 0 aliphatic carbocycles. The molecule has 0 radical (unpaired) electrons. The van der Waals surface area contributed by atoms with Crippen LogP contribution in [0, 0.1) is 6.92 Å². The van der Waals surface area contributed by atoms with Gasteiger partial charge in [0, 0.05) is 19.5 Å². The van der Waals surface area contributed by atoms with Crippen molar-refractivity contribution < 1.29 is 9.52 Å². The number of rotatable bonds is 3. The lowest BCUT2D eigenvalue weighted by Crippen LogP contribution is -2.31. The summed E-state index contributed by atoms with van der Waals surface area (Å²) in [5, 5.41) is 9.13. The number of oxazole rings is 1. The number of hydrogen-bond acceptors (Lipinski definition) is 4. The Balaban J connectivity index is 1.96. The van der Waals surface area contributed by atoms with Gasteiger partial charge in [-0.05, 0) is 19.4 Å². The molecule has 0 bridgehead atoms. The van der Waals surface area contributed by atoms with Crippen molar-refractivity contribution in [1.82, 2.24) is 9.88 Å². The van der Waals surface area contributed by atoms with Gasteiger partial charge in [-0.3, -0.25) is 4.90 Å². The first-order chi connectivity index (χ1) is 6.79. The van der Waals surface area contributed by atoms with Crippen LogP contribution in [0.1, 0.15) is 24.4 Å². The molecule has 1 N–H and O–H groups in total. The SMILES string of the molecule is Cc1nc(CN2CCCC2CO)co1. The van der Waals surface area contributed by atoms with Crippen LogP contribution < -0.4 is 0 Å². The second-order valence-corrected chi connectivity index (χ2v) is 3.81. The molecule has 1 aliphatic rings. The van der Waals surface area contributed by atoms with Crippen molar-refractivity contribution in [3.8, 4) is 0 Å². The highest BCUT2D eigenvalue weighted by molar-refractivity contribution is 4.96. The van der Waals surface area contributed by atoms with Gasteiger partial charge in [0.15, 0.2) is 5.89 Å². The lowest BCUT2D eigenvalue weighted by atomic mass is 10.2. The van der Waals surface area contributed by atoms with E-state index >= 15 is 0 Å². The van der Waals surface area contributed by atoms with Crippen molar-refractivity contribution in [3.05, 3.63) is 17.8 Å². The minimum Gasteiger partial charge on any atom is -0.449 e. The lowest BCUT2D eigenvalue weighted by Gasteiger charge is -2.20. The highest BCUT2D eigenvalue weighted by Crippen LogP contribution is 2.19. The van der Waals surface area contributed by atoms with Gasteiger partial charge in [-0.15, -0.1) is 0 Å². The summed E-state index contributed by atoms with van der Waals surface area (Å²) in [4.78, 5) is 6.51. The maximum absolute atomic E-state index is 9.13. The summed E-state index contributed by atoms with van der Waals surface area (Å²) < 4.78 is 5.14. The molecule has 0 spiro atoms. The van der Waals surface area contributed by atoms with E-state index < -0.39 is 0 Å². The van der Waals surface area contributed by atoms with E-state index in [-0.39, 0.29) is 6.61 Å². The molecule has 0 amide bonds. The lowest BCUT2D eigenvalue weighted by molar-refractivity contribution is 0.152. The van der Waals surface area contributed by atoms with E-state index in [4.69, 9.17) is 9.52 Å². The van der Waals surface area contributed by atoms with Crippen LogP contribution in [0.2, 0.25) is 0 Å². The fourth-order valence-corrected chi connectivity index (χ4v) is 2.00. The fraction of sp³-hybridized carbons (Fsp3) is 0.700. The Morgan fingerprint density at radius 2 is 2.57 bits per heavy atom. The van der Waals surface area contributed by atoms with Crippen molar-refractivity contribution in [1.29, 1.82) is 0 Å². The number of aliphatic hydroxyl groups excluding tert-OH is 1. The summed E-state index contributed by atoms with van der Waals surface area (Å²) in [7, 11) is 0. The van der Waals surface area contributed by atoms with Gasteiger partial charge in [0.1, 0.15) is 6.26 Å². The van der Waals surface area contributed by atoms with E-state index in [0.717, 1.165) is 25.2 Å². The molecule has 2 rings (SSSR count). The number of likely N-dealkylation sites (tertiary alicyclic amines) is 1. The monoisotopic (exact) mass is 196 g/mol. The molecular formula is C10H16N2O2. The van der Waals surface area contributed by atoms with E-state index in [1.807, 2.05) is 6.92 Å². The maximum atomic E-state index is 9.13. The average molecular weight is 196 g/mol. The summed E-state index contributed by atoms with van der Waals surface area (Å²) in [6.07, 6.45) is 3.96. The summed E-state index contributed by atoms with van der Waals surface area (Å²) in [6, 6.07) is 0.312. The second kappa shape index (κ2) is 4.11. The van der Waals surface area contributed by atoms with Crippen molar-refractivity contribution in [3.63, 3.8) is 0 Å². The number of hydrogen-bond donors (Lipinski definition) is 1. The molecule has 1 atom stereocenters. The number of aryl methyl sites for hydroxylation is 1. The van der Waals surface area contributed by atoms with Gasteiger partial charge in [-0.1, -0.05) is 0 Å². The van der Waals surface area contributed by atoms with Crippen LogP contribution >= 0.6 is 0 Å². The van der Waals surface area contributed by atoms with E-state index in [2.05, 4.69) is 9.88 Å². The molecule has 78 valence electrons. The zero-order chi connectivity index (χ0) is 9.97. The van der Waals surface area contributed by atoms with Gasteiger partial charge in [-0.2, -0.15) is 0 Å². The van der Waals surface area contributed by atoms with Gasteiger partial charge in [-0.25, -0.2) is 4.98 Å². The Hall–Kier alpha value is -0.870. The second-order valence-electron chi connectivity index (χ2n) is 3.81. The Kier molecular flexibility index (Phi) is 2.84. The van der Waals surface area contributed by atoms with Gasteiger partial charge in [0.2, 0.25) is 0 Å². The summed E-state index contributed by atoms with van der Waals surface area (Å²) in [5.41, 5.74) is 0.961. The topological polar surface area (TPSA) is 49.5 Å². The number of nitrogens with zero attached hydrogens (tertiary/aromatic N) is 2. The normalized spacial score (nSPS) is 23.1. The zero-order valence-corrected chi connectivity index (χ0v) is 8.44. The van der Waals surface area contributed by atoms with Crippen LogP contribution in [-0.4, -0.2) is 34.2 Å². The summed E-state index contributed by atoms with van der Waals surface area (Å²) >= 11 is 0. The predicted molar refractivity (Wildman–Crippen MR) is 51.8 cm³/mol. The first kappa shape index (κ1) is 9.68. The molecule has 14 heavy (non-hydrogen) atoms. The molecule has 4 heteroatoms. The minimum atomic E-state index is 0.247. The van der Waals surface area contributed by atoms with Crippen LogP contribution in [0.15, 0.2) is 10.7 Å². The van der Waals surface area contributed by atoms with E-state index in [1.54, 1.807) is 6.26 Å². The Morgan fingerprint density at radius 3 is 3.21 bits per heavy atom. The third-order valence-corrected chi connectivity index (χ3v) is 2.74. The van der Waals surface area contributed by atoms with Crippen LogP contribution in [0.3, 0.4) is 0 Å². The minimum absolute atomic E-state index is 0.247. The highest BCUT2D eigenvalue weighted by atomic mass is 16.3. The summed E-state index contributed by atoms with van der Waals surface area (Å²) in [6.45, 7) is 3.94. The third kappa shape index (κ3) is 1.96. The molecular weight excluding hydrogens is 180 g/mol. The third-order valence-electron chi connectivity index (χ3n) is 2.74. The van der Waals surface area contributed by atoms with Crippen molar-refractivity contribution in [2.24, 2.45) is 0 Å². The smallest absolute Gasteiger partial charge is 0.191 e. The predicted octanol–water partition coefficient (Wildman–Crippen LogP) is 0.940. The molecule has 1 aromatic heterocycles. The first-order valence-electron chi connectivity index (χ1n) is 5.05. The van der Waals surface area contributed by atoms with Crippen LogP contribution in [0.4, 0.5) is 0 Å². The molecule has 2 heterocycles. The fourth-order valence-electron chi connectivity index (χ4n) is 2.00. The van der Waals surface area contributed by atoms with Gasteiger partial charge in [0.25, 0.3) is 0 Å². The molecule has 1 aromatic rings. The Labute approximate surface area is 83.5 Å². The quantitative estimate of drug-likeness (QED) is 0.781. The van der Waals surface area contributed by atoms with Gasteiger partial charge >= 0.3 is 0 Å². The molecule has 0 saturated carbocycles. The molecule has 4 nitrogen and oxygen atoms in total. The average Bonchev–Trinajstić information content (AvgIpc) is 2.76. The van der Waals surface area contributed by atoms with E-state index in [0.29, 0.717) is 11.9 Å². The Bertz CT molecular complexity index is 298. The van der Waals surface area contributed by atoms with Gasteiger partial charge < -0.3 is 9.52 Å². The van der Waals surface area contributed by atoms with Crippen LogP contribution in [-0.2, 0) is 6.54 Å². The largest absolute Gasteiger partial charge is 0.449 e. The van der Waals surface area contributed by atoms with E-state index in [1.165, 1.54) is 6.42 Å². The molecule has 0 aromatic carbocycles. The highest BCUT2D eigenvalue weighted by Gasteiger charge is 2.24. The van der Waals surface area contributed by atoms with Crippen LogP contribution in [0.25, 0.3) is 0 Å². The van der Waals surface area contributed by atoms with E-state index in [9.17, 15) is 0 Å². The first-order valence-corrected chi connectivity index (χ1v) is 5.05. The summed E-state index contributed by atoms with van der Waals surface area (Å²) in [5.74, 6) is 0.708.